The molecule has 1 fully saturated rings. The average Bonchev–Trinajstić information content (AvgIpc) is 2.24. The van der Waals surface area contributed by atoms with Crippen LogP contribution in [0, 0.1) is 0 Å². The van der Waals surface area contributed by atoms with Gasteiger partial charge in [-0.3, -0.25) is 0 Å². The van der Waals surface area contributed by atoms with Crippen molar-refractivity contribution in [1.29, 1.82) is 0 Å². The third-order valence-corrected chi connectivity index (χ3v) is 4.95. The predicted molar refractivity (Wildman–Crippen MR) is 73.6 cm³/mol. The molecular formula is C17H24. The summed E-state index contributed by atoms with van der Waals surface area (Å²) < 4.78 is 0. The number of benzene rings is 1. The molecule has 1 spiro atoms. The van der Waals surface area contributed by atoms with Crippen molar-refractivity contribution in [1.82, 2.24) is 0 Å². The first-order chi connectivity index (χ1) is 8.03. The van der Waals surface area contributed by atoms with Crippen molar-refractivity contribution >= 4 is 0 Å². The second-order valence-corrected chi connectivity index (χ2v) is 7.07. The molecule has 0 saturated heterocycles. The lowest BCUT2D eigenvalue weighted by molar-refractivity contribution is 0.208. The maximum atomic E-state index is 2.42. The monoisotopic (exact) mass is 228 g/mol. The molecule has 1 aromatic rings. The van der Waals surface area contributed by atoms with Crippen LogP contribution in [-0.2, 0) is 17.3 Å². The van der Waals surface area contributed by atoms with Crippen molar-refractivity contribution in [3.05, 3.63) is 34.9 Å². The lowest BCUT2D eigenvalue weighted by Crippen LogP contribution is -2.38. The van der Waals surface area contributed by atoms with Gasteiger partial charge in [0.15, 0.2) is 0 Å². The van der Waals surface area contributed by atoms with Gasteiger partial charge < -0.3 is 0 Å². The van der Waals surface area contributed by atoms with Crippen molar-refractivity contribution in [3.63, 3.8) is 0 Å². The molecular weight excluding hydrogens is 204 g/mol. The number of fused-ring (bicyclic) bond motifs is 2. The molecule has 0 heteroatoms. The first kappa shape index (κ1) is 11.3. The van der Waals surface area contributed by atoms with Gasteiger partial charge in [0.1, 0.15) is 0 Å². The van der Waals surface area contributed by atoms with Crippen LogP contribution in [0.5, 0.6) is 0 Å². The van der Waals surface area contributed by atoms with E-state index in [1.807, 2.05) is 0 Å². The fraction of sp³-hybridized carbons (Fsp3) is 0.647. The number of hydrogen-bond donors (Lipinski definition) is 0. The van der Waals surface area contributed by atoms with E-state index in [9.17, 15) is 0 Å². The van der Waals surface area contributed by atoms with E-state index >= 15 is 0 Å². The van der Waals surface area contributed by atoms with Crippen LogP contribution < -0.4 is 0 Å². The maximum absolute atomic E-state index is 2.42. The molecule has 0 N–H and O–H groups in total. The zero-order valence-corrected chi connectivity index (χ0v) is 11.5. The summed E-state index contributed by atoms with van der Waals surface area (Å²) >= 11 is 0. The van der Waals surface area contributed by atoms with Crippen molar-refractivity contribution in [3.8, 4) is 0 Å². The van der Waals surface area contributed by atoms with Crippen LogP contribution in [0.15, 0.2) is 18.2 Å². The normalized spacial score (nSPS) is 22.1. The Hall–Kier alpha value is -0.780. The minimum absolute atomic E-state index is 0.299. The third kappa shape index (κ3) is 1.64. The van der Waals surface area contributed by atoms with Crippen molar-refractivity contribution in [2.24, 2.45) is 0 Å². The van der Waals surface area contributed by atoms with Gasteiger partial charge in [-0.15, -0.1) is 0 Å². The molecule has 92 valence electrons. The van der Waals surface area contributed by atoms with E-state index in [-0.39, 0.29) is 0 Å². The minimum Gasteiger partial charge on any atom is -0.0617 e. The summed E-state index contributed by atoms with van der Waals surface area (Å²) in [6.07, 6.45) is 8.47. The first-order valence-electron chi connectivity index (χ1n) is 7.16. The molecule has 1 aromatic carbocycles. The van der Waals surface area contributed by atoms with Crippen LogP contribution in [0.2, 0.25) is 0 Å². The Morgan fingerprint density at radius 3 is 2.29 bits per heavy atom. The van der Waals surface area contributed by atoms with E-state index in [1.165, 1.54) is 38.5 Å². The molecule has 0 nitrogen and oxygen atoms in total. The highest BCUT2D eigenvalue weighted by Crippen LogP contribution is 2.52. The predicted octanol–water partition coefficient (Wildman–Crippen LogP) is 4.74. The first-order valence-corrected chi connectivity index (χ1v) is 7.16. The van der Waals surface area contributed by atoms with Gasteiger partial charge in [-0.2, -0.15) is 0 Å². The van der Waals surface area contributed by atoms with E-state index < -0.39 is 0 Å². The van der Waals surface area contributed by atoms with Gasteiger partial charge in [-0.1, -0.05) is 45.4 Å². The largest absolute Gasteiger partial charge is 0.0617 e. The molecule has 0 aromatic heterocycles. The summed E-state index contributed by atoms with van der Waals surface area (Å²) in [7, 11) is 0. The van der Waals surface area contributed by atoms with E-state index in [0.29, 0.717) is 10.8 Å². The number of hydrogen-bond acceptors (Lipinski definition) is 0. The molecule has 2 aliphatic rings. The highest BCUT2D eigenvalue weighted by molar-refractivity contribution is 5.46. The molecule has 3 rings (SSSR count). The molecule has 0 unspecified atom stereocenters. The standard InChI is InChI=1S/C17H24/c1-16(2,3)14-8-4-9-15-13(14)7-5-10-17(15)11-6-12-17/h4,8-9H,5-7,10-12H2,1-3H3. The lowest BCUT2D eigenvalue weighted by atomic mass is 9.57. The van der Waals surface area contributed by atoms with Gasteiger partial charge in [0.25, 0.3) is 0 Å². The van der Waals surface area contributed by atoms with Crippen molar-refractivity contribution < 1.29 is 0 Å². The average molecular weight is 228 g/mol. The highest BCUT2D eigenvalue weighted by Gasteiger charge is 2.42. The smallest absolute Gasteiger partial charge is 0.00440 e. The lowest BCUT2D eigenvalue weighted by Gasteiger charge is -2.47. The topological polar surface area (TPSA) is 0 Å². The Morgan fingerprint density at radius 1 is 1.00 bits per heavy atom. The maximum Gasteiger partial charge on any atom is -0.00440 e. The molecule has 0 radical (unpaired) electrons. The minimum atomic E-state index is 0.299. The second-order valence-electron chi connectivity index (χ2n) is 7.07. The van der Waals surface area contributed by atoms with Crippen molar-refractivity contribution in [2.45, 2.75) is 70.1 Å². The Bertz CT molecular complexity index is 430. The summed E-state index contributed by atoms with van der Waals surface area (Å²) in [5, 5.41) is 0. The van der Waals surface area contributed by atoms with Gasteiger partial charge in [0, 0.05) is 0 Å². The van der Waals surface area contributed by atoms with E-state index in [4.69, 9.17) is 0 Å². The zero-order valence-electron chi connectivity index (χ0n) is 11.5. The van der Waals surface area contributed by atoms with Crippen LogP contribution in [-0.4, -0.2) is 0 Å². The summed E-state index contributed by atoms with van der Waals surface area (Å²) in [5.41, 5.74) is 5.90. The van der Waals surface area contributed by atoms with Crippen LogP contribution in [0.1, 0.15) is 69.6 Å². The molecule has 17 heavy (non-hydrogen) atoms. The Balaban J connectivity index is 2.14. The van der Waals surface area contributed by atoms with Gasteiger partial charge in [-0.05, 0) is 59.6 Å². The fourth-order valence-corrected chi connectivity index (χ4v) is 3.92. The van der Waals surface area contributed by atoms with E-state index in [2.05, 4.69) is 39.0 Å². The van der Waals surface area contributed by atoms with Crippen LogP contribution in [0.4, 0.5) is 0 Å². The number of rotatable bonds is 0. The summed E-state index contributed by atoms with van der Waals surface area (Å²) in [4.78, 5) is 0. The van der Waals surface area contributed by atoms with Gasteiger partial charge >= 0.3 is 0 Å². The van der Waals surface area contributed by atoms with E-state index in [1.54, 1.807) is 16.7 Å². The Morgan fingerprint density at radius 2 is 1.71 bits per heavy atom. The summed E-state index contributed by atoms with van der Waals surface area (Å²) in [5.74, 6) is 0. The third-order valence-electron chi connectivity index (χ3n) is 4.95. The van der Waals surface area contributed by atoms with Crippen LogP contribution in [0.25, 0.3) is 0 Å². The summed E-state index contributed by atoms with van der Waals surface area (Å²) in [6.45, 7) is 7.06. The molecule has 2 aliphatic carbocycles. The Kier molecular flexibility index (Phi) is 2.40. The zero-order chi connectivity index (χ0) is 12.1. The van der Waals surface area contributed by atoms with Crippen molar-refractivity contribution in [2.75, 3.05) is 0 Å². The molecule has 0 amide bonds. The SMILES string of the molecule is CC(C)(C)c1cccc2c1CCCC21CCC1. The quantitative estimate of drug-likeness (QED) is 0.601. The van der Waals surface area contributed by atoms with Crippen LogP contribution >= 0.6 is 0 Å². The van der Waals surface area contributed by atoms with E-state index in [0.717, 1.165) is 0 Å². The van der Waals surface area contributed by atoms with Gasteiger partial charge in [0.05, 0.1) is 0 Å². The molecule has 0 aliphatic heterocycles. The molecule has 1 saturated carbocycles. The molecule has 0 bridgehead atoms. The summed E-state index contributed by atoms with van der Waals surface area (Å²) in [6, 6.07) is 7.07. The molecule has 0 atom stereocenters. The fourth-order valence-electron chi connectivity index (χ4n) is 3.92. The molecule has 0 heterocycles. The Labute approximate surface area is 105 Å². The highest BCUT2D eigenvalue weighted by atomic mass is 14.5. The van der Waals surface area contributed by atoms with Crippen LogP contribution in [0.3, 0.4) is 0 Å². The van der Waals surface area contributed by atoms with Gasteiger partial charge in [-0.25, -0.2) is 0 Å². The van der Waals surface area contributed by atoms with Gasteiger partial charge in [0.2, 0.25) is 0 Å². The second kappa shape index (κ2) is 3.60.